The van der Waals surface area contributed by atoms with Crippen molar-refractivity contribution in [3.8, 4) is 0 Å². The maximum absolute atomic E-state index is 13.1. The van der Waals surface area contributed by atoms with E-state index in [9.17, 15) is 14.4 Å². The van der Waals surface area contributed by atoms with Crippen LogP contribution < -0.4 is 10.6 Å². The fraction of sp³-hybridized carbons (Fsp3) is 0.286. The van der Waals surface area contributed by atoms with E-state index >= 15 is 0 Å². The first-order valence-electron chi connectivity index (χ1n) is 9.06. The lowest BCUT2D eigenvalue weighted by Gasteiger charge is -2.23. The molecular weight excluding hydrogens is 342 g/mol. The number of hydrogen-bond donors (Lipinski definition) is 1. The first-order valence-corrected chi connectivity index (χ1v) is 9.06. The van der Waals surface area contributed by atoms with Gasteiger partial charge in [0.2, 0.25) is 11.8 Å². The van der Waals surface area contributed by atoms with Crippen LogP contribution in [0.15, 0.2) is 54.6 Å². The Morgan fingerprint density at radius 1 is 1.07 bits per heavy atom. The number of anilines is 1. The SMILES string of the molecule is NC(=O)CCN(Cc1ccccc1)C(=O)c1cccc(N2CCCC2=O)c1. The lowest BCUT2D eigenvalue weighted by molar-refractivity contribution is -0.118. The molecule has 3 rings (SSSR count). The third-order valence-corrected chi connectivity index (χ3v) is 4.61. The Hall–Kier alpha value is -3.15. The third kappa shape index (κ3) is 4.73. The molecule has 0 aliphatic carbocycles. The zero-order chi connectivity index (χ0) is 19.2. The molecule has 1 fully saturated rings. The predicted octanol–water partition coefficient (Wildman–Crippen LogP) is 2.33. The molecule has 0 saturated carbocycles. The van der Waals surface area contributed by atoms with Crippen molar-refractivity contribution in [3.05, 3.63) is 65.7 Å². The van der Waals surface area contributed by atoms with Gasteiger partial charge in [0, 0.05) is 43.7 Å². The molecule has 2 N–H and O–H groups in total. The summed E-state index contributed by atoms with van der Waals surface area (Å²) in [7, 11) is 0. The van der Waals surface area contributed by atoms with E-state index in [0.717, 1.165) is 17.7 Å². The topological polar surface area (TPSA) is 83.7 Å². The van der Waals surface area contributed by atoms with Crippen LogP contribution in [0.2, 0.25) is 0 Å². The monoisotopic (exact) mass is 365 g/mol. The molecule has 0 atom stereocenters. The maximum Gasteiger partial charge on any atom is 0.254 e. The van der Waals surface area contributed by atoms with Gasteiger partial charge < -0.3 is 15.5 Å². The highest BCUT2D eigenvalue weighted by Gasteiger charge is 2.23. The van der Waals surface area contributed by atoms with Gasteiger partial charge >= 0.3 is 0 Å². The Bertz CT molecular complexity index is 836. The molecule has 140 valence electrons. The normalized spacial score (nSPS) is 13.6. The van der Waals surface area contributed by atoms with E-state index in [0.29, 0.717) is 25.1 Å². The fourth-order valence-corrected chi connectivity index (χ4v) is 3.21. The number of hydrogen-bond acceptors (Lipinski definition) is 3. The van der Waals surface area contributed by atoms with Crippen LogP contribution >= 0.6 is 0 Å². The molecule has 1 aliphatic rings. The number of carbonyl (C=O) groups excluding carboxylic acids is 3. The zero-order valence-corrected chi connectivity index (χ0v) is 15.1. The average molecular weight is 365 g/mol. The number of nitrogens with zero attached hydrogens (tertiary/aromatic N) is 2. The molecule has 1 heterocycles. The van der Waals surface area contributed by atoms with Crippen molar-refractivity contribution in [2.45, 2.75) is 25.8 Å². The molecule has 0 bridgehead atoms. The summed E-state index contributed by atoms with van der Waals surface area (Å²) in [4.78, 5) is 39.6. The van der Waals surface area contributed by atoms with Crippen molar-refractivity contribution in [1.29, 1.82) is 0 Å². The third-order valence-electron chi connectivity index (χ3n) is 4.61. The number of amides is 3. The van der Waals surface area contributed by atoms with Crippen LogP contribution in [0.25, 0.3) is 0 Å². The molecule has 6 nitrogen and oxygen atoms in total. The summed E-state index contributed by atoms with van der Waals surface area (Å²) < 4.78 is 0. The molecule has 6 heteroatoms. The molecule has 0 spiro atoms. The summed E-state index contributed by atoms with van der Waals surface area (Å²) in [6.45, 7) is 1.31. The molecular formula is C21H23N3O3. The second-order valence-electron chi connectivity index (χ2n) is 6.63. The Morgan fingerprint density at radius 3 is 2.52 bits per heavy atom. The second-order valence-corrected chi connectivity index (χ2v) is 6.63. The van der Waals surface area contributed by atoms with Crippen LogP contribution in [0.1, 0.15) is 35.2 Å². The maximum atomic E-state index is 13.1. The Morgan fingerprint density at radius 2 is 1.85 bits per heavy atom. The molecule has 0 unspecified atom stereocenters. The first kappa shape index (κ1) is 18.6. The van der Waals surface area contributed by atoms with E-state index in [2.05, 4.69) is 0 Å². The molecule has 1 aliphatic heterocycles. The van der Waals surface area contributed by atoms with Crippen molar-refractivity contribution < 1.29 is 14.4 Å². The fourth-order valence-electron chi connectivity index (χ4n) is 3.21. The van der Waals surface area contributed by atoms with E-state index in [1.807, 2.05) is 36.4 Å². The summed E-state index contributed by atoms with van der Waals surface area (Å²) >= 11 is 0. The average Bonchev–Trinajstić information content (AvgIpc) is 3.11. The van der Waals surface area contributed by atoms with Gasteiger partial charge in [-0.05, 0) is 30.2 Å². The quantitative estimate of drug-likeness (QED) is 0.817. The molecule has 3 amide bonds. The number of nitrogens with two attached hydrogens (primary N) is 1. The van der Waals surface area contributed by atoms with Gasteiger partial charge in [-0.1, -0.05) is 36.4 Å². The van der Waals surface area contributed by atoms with Crippen LogP contribution in [0.4, 0.5) is 5.69 Å². The number of carbonyl (C=O) groups is 3. The summed E-state index contributed by atoms with van der Waals surface area (Å²) in [5.41, 5.74) is 7.47. The smallest absolute Gasteiger partial charge is 0.254 e. The number of primary amides is 1. The van der Waals surface area contributed by atoms with E-state index in [4.69, 9.17) is 5.73 Å². The largest absolute Gasteiger partial charge is 0.370 e. The van der Waals surface area contributed by atoms with Gasteiger partial charge in [-0.25, -0.2) is 0 Å². The van der Waals surface area contributed by atoms with Crippen molar-refractivity contribution >= 4 is 23.4 Å². The number of rotatable bonds is 7. The molecule has 0 aromatic heterocycles. The van der Waals surface area contributed by atoms with Crippen molar-refractivity contribution in [1.82, 2.24) is 4.90 Å². The minimum absolute atomic E-state index is 0.0782. The van der Waals surface area contributed by atoms with E-state index in [-0.39, 0.29) is 24.8 Å². The van der Waals surface area contributed by atoms with Crippen molar-refractivity contribution in [2.24, 2.45) is 5.73 Å². The van der Waals surface area contributed by atoms with Crippen LogP contribution in [-0.4, -0.2) is 35.7 Å². The van der Waals surface area contributed by atoms with Gasteiger partial charge in [-0.2, -0.15) is 0 Å². The minimum Gasteiger partial charge on any atom is -0.370 e. The predicted molar refractivity (Wildman–Crippen MR) is 103 cm³/mol. The van der Waals surface area contributed by atoms with Crippen molar-refractivity contribution in [3.63, 3.8) is 0 Å². The molecule has 27 heavy (non-hydrogen) atoms. The Labute approximate surface area is 158 Å². The van der Waals surface area contributed by atoms with E-state index < -0.39 is 5.91 Å². The molecule has 2 aromatic carbocycles. The van der Waals surface area contributed by atoms with Gasteiger partial charge in [0.25, 0.3) is 5.91 Å². The molecule has 2 aromatic rings. The van der Waals surface area contributed by atoms with E-state index in [1.165, 1.54) is 0 Å². The zero-order valence-electron chi connectivity index (χ0n) is 15.1. The minimum atomic E-state index is -0.447. The highest BCUT2D eigenvalue weighted by molar-refractivity contribution is 5.99. The second kappa shape index (κ2) is 8.49. The Balaban J connectivity index is 1.82. The van der Waals surface area contributed by atoms with Gasteiger partial charge in [0.1, 0.15) is 0 Å². The van der Waals surface area contributed by atoms with Gasteiger partial charge in [0.05, 0.1) is 0 Å². The lowest BCUT2D eigenvalue weighted by atomic mass is 10.1. The summed E-state index contributed by atoms with van der Waals surface area (Å²) in [5.74, 6) is -0.555. The highest BCUT2D eigenvalue weighted by Crippen LogP contribution is 2.23. The summed E-state index contributed by atoms with van der Waals surface area (Å²) in [5, 5.41) is 0. The van der Waals surface area contributed by atoms with Crippen LogP contribution in [0.3, 0.4) is 0 Å². The molecule has 0 radical (unpaired) electrons. The number of benzene rings is 2. The summed E-state index contributed by atoms with van der Waals surface area (Å²) in [6.07, 6.45) is 1.47. The van der Waals surface area contributed by atoms with E-state index in [1.54, 1.807) is 28.0 Å². The van der Waals surface area contributed by atoms with Crippen molar-refractivity contribution in [2.75, 3.05) is 18.0 Å². The molecule has 1 saturated heterocycles. The van der Waals surface area contributed by atoms with Gasteiger partial charge in [-0.3, -0.25) is 14.4 Å². The standard InChI is InChI=1S/C21H23N3O3/c22-19(25)11-13-23(15-16-6-2-1-3-7-16)21(27)17-8-4-9-18(14-17)24-12-5-10-20(24)26/h1-4,6-9,14H,5,10-13,15H2,(H2,22,25). The summed E-state index contributed by atoms with van der Waals surface area (Å²) in [6, 6.07) is 16.7. The van der Waals surface area contributed by atoms with Crippen LogP contribution in [0, 0.1) is 0 Å². The van der Waals surface area contributed by atoms with Gasteiger partial charge in [0.15, 0.2) is 0 Å². The van der Waals surface area contributed by atoms with Crippen LogP contribution in [0.5, 0.6) is 0 Å². The Kier molecular flexibility index (Phi) is 5.86. The van der Waals surface area contributed by atoms with Crippen LogP contribution in [-0.2, 0) is 16.1 Å². The highest BCUT2D eigenvalue weighted by atomic mass is 16.2. The van der Waals surface area contributed by atoms with Gasteiger partial charge in [-0.15, -0.1) is 0 Å². The first-order chi connectivity index (χ1) is 13.0. The lowest BCUT2D eigenvalue weighted by Crippen LogP contribution is -2.34.